The van der Waals surface area contributed by atoms with Crippen molar-refractivity contribution in [3.05, 3.63) is 58.3 Å². The number of halogens is 1. The third-order valence-corrected chi connectivity index (χ3v) is 2.43. The molecule has 0 aliphatic carbocycles. The van der Waals surface area contributed by atoms with Crippen LogP contribution >= 0.6 is 0 Å². The summed E-state index contributed by atoms with van der Waals surface area (Å²) in [4.78, 5) is 13.7. The van der Waals surface area contributed by atoms with Gasteiger partial charge in [0.05, 0.1) is 12.5 Å². The van der Waals surface area contributed by atoms with Gasteiger partial charge in [0.15, 0.2) is 0 Å². The van der Waals surface area contributed by atoms with E-state index in [2.05, 4.69) is 4.98 Å². The Labute approximate surface area is 97.2 Å². The standard InChI is InChI=1S/C13H9FN2O/c14-11-3-1-9(2-4-11)12-8-16-13(17)7-10(12)5-6-15/h1-4,7-8H,5H2,(H,16,17). The SMILES string of the molecule is N#CCc1cc(=O)[nH]cc1-c1ccc(F)cc1. The smallest absolute Gasteiger partial charge is 0.248 e. The average Bonchev–Trinajstić information content (AvgIpc) is 2.31. The summed E-state index contributed by atoms with van der Waals surface area (Å²) in [6, 6.07) is 9.31. The molecule has 84 valence electrons. The maximum Gasteiger partial charge on any atom is 0.248 e. The second-order valence-corrected chi connectivity index (χ2v) is 3.58. The van der Waals surface area contributed by atoms with Crippen molar-refractivity contribution in [2.45, 2.75) is 6.42 Å². The highest BCUT2D eigenvalue weighted by molar-refractivity contribution is 5.66. The van der Waals surface area contributed by atoms with Crippen molar-refractivity contribution in [1.29, 1.82) is 5.26 Å². The molecule has 0 saturated carbocycles. The molecule has 1 N–H and O–H groups in total. The first-order valence-electron chi connectivity index (χ1n) is 5.05. The lowest BCUT2D eigenvalue weighted by Gasteiger charge is -2.06. The minimum Gasteiger partial charge on any atom is -0.328 e. The van der Waals surface area contributed by atoms with E-state index in [1.165, 1.54) is 18.2 Å². The highest BCUT2D eigenvalue weighted by atomic mass is 19.1. The van der Waals surface area contributed by atoms with Crippen molar-refractivity contribution in [3.63, 3.8) is 0 Å². The van der Waals surface area contributed by atoms with E-state index in [4.69, 9.17) is 5.26 Å². The van der Waals surface area contributed by atoms with E-state index in [9.17, 15) is 9.18 Å². The van der Waals surface area contributed by atoms with Crippen molar-refractivity contribution in [3.8, 4) is 17.2 Å². The molecule has 0 unspecified atom stereocenters. The number of H-pyrrole nitrogens is 1. The van der Waals surface area contributed by atoms with Crippen LogP contribution in [0.5, 0.6) is 0 Å². The molecule has 0 spiro atoms. The van der Waals surface area contributed by atoms with Crippen LogP contribution in [0.2, 0.25) is 0 Å². The fourth-order valence-corrected chi connectivity index (χ4v) is 1.64. The number of nitrogens with zero attached hydrogens (tertiary/aromatic N) is 1. The van der Waals surface area contributed by atoms with E-state index in [0.29, 0.717) is 5.56 Å². The Morgan fingerprint density at radius 2 is 2.00 bits per heavy atom. The topological polar surface area (TPSA) is 56.6 Å². The second-order valence-electron chi connectivity index (χ2n) is 3.58. The number of hydrogen-bond acceptors (Lipinski definition) is 2. The predicted octanol–water partition coefficient (Wildman–Crippen LogP) is 2.25. The van der Waals surface area contributed by atoms with Gasteiger partial charge in [-0.05, 0) is 23.3 Å². The third-order valence-electron chi connectivity index (χ3n) is 2.43. The maximum absolute atomic E-state index is 12.8. The summed E-state index contributed by atoms with van der Waals surface area (Å²) in [5.41, 5.74) is 1.91. The quantitative estimate of drug-likeness (QED) is 0.857. The lowest BCUT2D eigenvalue weighted by molar-refractivity contribution is 0.628. The van der Waals surface area contributed by atoms with E-state index in [-0.39, 0.29) is 17.8 Å². The Balaban J connectivity index is 2.55. The molecule has 0 saturated heterocycles. The zero-order valence-corrected chi connectivity index (χ0v) is 8.90. The Kier molecular flexibility index (Phi) is 3.01. The molecule has 0 radical (unpaired) electrons. The van der Waals surface area contributed by atoms with Crippen molar-refractivity contribution < 1.29 is 4.39 Å². The zero-order valence-electron chi connectivity index (χ0n) is 8.90. The summed E-state index contributed by atoms with van der Waals surface area (Å²) in [7, 11) is 0. The molecule has 0 aliphatic rings. The van der Waals surface area contributed by atoms with Crippen LogP contribution < -0.4 is 5.56 Å². The molecule has 2 rings (SSSR count). The molecule has 4 heteroatoms. The van der Waals surface area contributed by atoms with Crippen LogP contribution in [0.15, 0.2) is 41.3 Å². The lowest BCUT2D eigenvalue weighted by atomic mass is 10.0. The van der Waals surface area contributed by atoms with Gasteiger partial charge in [-0.3, -0.25) is 4.79 Å². The predicted molar refractivity (Wildman–Crippen MR) is 61.8 cm³/mol. The van der Waals surface area contributed by atoms with Crippen LogP contribution in [-0.2, 0) is 6.42 Å². The molecular weight excluding hydrogens is 219 g/mol. The van der Waals surface area contributed by atoms with Gasteiger partial charge in [-0.2, -0.15) is 5.26 Å². The molecular formula is C13H9FN2O. The Hall–Kier alpha value is -2.41. The number of nitrogens with one attached hydrogen (secondary N) is 1. The number of aromatic amines is 1. The molecule has 0 fully saturated rings. The van der Waals surface area contributed by atoms with Crippen LogP contribution in [0, 0.1) is 17.1 Å². The molecule has 0 aliphatic heterocycles. The summed E-state index contributed by atoms with van der Waals surface area (Å²) in [5.74, 6) is -0.319. The molecule has 0 bridgehead atoms. The Morgan fingerprint density at radius 1 is 1.29 bits per heavy atom. The van der Waals surface area contributed by atoms with Gasteiger partial charge in [-0.25, -0.2) is 4.39 Å². The minimum atomic E-state index is -0.319. The summed E-state index contributed by atoms with van der Waals surface area (Å²) in [5, 5.41) is 8.70. The highest BCUT2D eigenvalue weighted by Crippen LogP contribution is 2.22. The average molecular weight is 228 g/mol. The second kappa shape index (κ2) is 4.62. The van der Waals surface area contributed by atoms with E-state index in [1.807, 2.05) is 6.07 Å². The van der Waals surface area contributed by atoms with Crippen LogP contribution in [0.25, 0.3) is 11.1 Å². The number of nitriles is 1. The van der Waals surface area contributed by atoms with Gasteiger partial charge in [-0.15, -0.1) is 0 Å². The van der Waals surface area contributed by atoms with Gasteiger partial charge in [-0.1, -0.05) is 12.1 Å². The monoisotopic (exact) mass is 228 g/mol. The summed E-state index contributed by atoms with van der Waals surface area (Å²) < 4.78 is 12.8. The highest BCUT2D eigenvalue weighted by Gasteiger charge is 2.06. The molecule has 1 heterocycles. The lowest BCUT2D eigenvalue weighted by Crippen LogP contribution is -2.06. The van der Waals surface area contributed by atoms with Gasteiger partial charge in [0.25, 0.3) is 0 Å². The van der Waals surface area contributed by atoms with E-state index in [0.717, 1.165) is 11.1 Å². The fourth-order valence-electron chi connectivity index (χ4n) is 1.64. The van der Waals surface area contributed by atoms with Crippen LogP contribution in [0.3, 0.4) is 0 Å². The molecule has 2 aromatic rings. The van der Waals surface area contributed by atoms with Crippen molar-refractivity contribution in [1.82, 2.24) is 4.98 Å². The molecule has 1 aromatic carbocycles. The Bertz CT molecular complexity index is 623. The van der Waals surface area contributed by atoms with Crippen molar-refractivity contribution >= 4 is 0 Å². The largest absolute Gasteiger partial charge is 0.328 e. The van der Waals surface area contributed by atoms with Gasteiger partial charge in [0, 0.05) is 17.8 Å². The van der Waals surface area contributed by atoms with Crippen molar-refractivity contribution in [2.75, 3.05) is 0 Å². The van der Waals surface area contributed by atoms with E-state index in [1.54, 1.807) is 18.3 Å². The summed E-state index contributed by atoms with van der Waals surface area (Å²) >= 11 is 0. The van der Waals surface area contributed by atoms with Gasteiger partial charge in [0.1, 0.15) is 5.82 Å². The number of rotatable bonds is 2. The maximum atomic E-state index is 12.8. The van der Waals surface area contributed by atoms with Crippen LogP contribution in [0.1, 0.15) is 5.56 Å². The first-order chi connectivity index (χ1) is 8.20. The zero-order chi connectivity index (χ0) is 12.3. The first kappa shape index (κ1) is 11.1. The third kappa shape index (κ3) is 2.40. The molecule has 17 heavy (non-hydrogen) atoms. The molecule has 3 nitrogen and oxygen atoms in total. The van der Waals surface area contributed by atoms with Gasteiger partial charge < -0.3 is 4.98 Å². The molecule has 0 amide bonds. The molecule has 1 aromatic heterocycles. The van der Waals surface area contributed by atoms with Crippen LogP contribution in [-0.4, -0.2) is 4.98 Å². The van der Waals surface area contributed by atoms with Crippen LogP contribution in [0.4, 0.5) is 4.39 Å². The number of benzene rings is 1. The van der Waals surface area contributed by atoms with Gasteiger partial charge in [0.2, 0.25) is 5.56 Å². The number of pyridine rings is 1. The normalized spacial score (nSPS) is 9.88. The minimum absolute atomic E-state index is 0.149. The number of aromatic nitrogens is 1. The van der Waals surface area contributed by atoms with E-state index >= 15 is 0 Å². The number of hydrogen-bond donors (Lipinski definition) is 1. The first-order valence-corrected chi connectivity index (χ1v) is 5.05. The van der Waals surface area contributed by atoms with Gasteiger partial charge >= 0.3 is 0 Å². The Morgan fingerprint density at radius 3 is 2.65 bits per heavy atom. The summed E-state index contributed by atoms with van der Waals surface area (Å²) in [6.45, 7) is 0. The van der Waals surface area contributed by atoms with Crippen molar-refractivity contribution in [2.24, 2.45) is 0 Å². The van der Waals surface area contributed by atoms with E-state index < -0.39 is 0 Å². The molecule has 0 atom stereocenters. The fraction of sp³-hybridized carbons (Fsp3) is 0.0769. The summed E-state index contributed by atoms with van der Waals surface area (Å²) in [6.07, 6.45) is 1.69.